The maximum atomic E-state index is 13.9. The van der Waals surface area contributed by atoms with Gasteiger partial charge >= 0.3 is 12.1 Å². The van der Waals surface area contributed by atoms with Crippen molar-refractivity contribution in [1.82, 2.24) is 4.98 Å². The molecule has 3 N–H and O–H groups in total. The molecule has 3 rings (SSSR count). The SMILES string of the molecule is CCOC(=O)c1cc([C@@](O)(c2nc3ccccc3s2)C(F)(F)F)sc1N. The molecule has 0 bridgehead atoms. The van der Waals surface area contributed by atoms with Gasteiger partial charge in [0, 0.05) is 0 Å². The monoisotopic (exact) mass is 402 g/mol. The molecule has 26 heavy (non-hydrogen) atoms. The molecule has 0 aliphatic carbocycles. The van der Waals surface area contributed by atoms with Crippen LogP contribution in [0.25, 0.3) is 10.2 Å². The van der Waals surface area contributed by atoms with Gasteiger partial charge in [0.1, 0.15) is 10.0 Å². The fourth-order valence-electron chi connectivity index (χ4n) is 2.35. The minimum Gasteiger partial charge on any atom is -0.462 e. The number of ether oxygens (including phenoxy) is 1. The number of alkyl halides is 3. The Hall–Kier alpha value is -2.17. The summed E-state index contributed by atoms with van der Waals surface area (Å²) in [6.07, 6.45) is -5.07. The van der Waals surface area contributed by atoms with Crippen molar-refractivity contribution in [3.05, 3.63) is 45.8 Å². The van der Waals surface area contributed by atoms with Gasteiger partial charge in [0.05, 0.1) is 27.3 Å². The van der Waals surface area contributed by atoms with Crippen LogP contribution in [0.4, 0.5) is 18.2 Å². The van der Waals surface area contributed by atoms with Gasteiger partial charge in [0.2, 0.25) is 5.60 Å². The third-order valence-electron chi connectivity index (χ3n) is 3.63. The Morgan fingerprint density at radius 3 is 2.62 bits per heavy atom. The first-order valence-corrected chi connectivity index (χ1v) is 9.03. The second-order valence-corrected chi connectivity index (χ2v) is 7.42. The Bertz CT molecular complexity index is 934. The van der Waals surface area contributed by atoms with Gasteiger partial charge in [0.15, 0.2) is 0 Å². The highest BCUT2D eigenvalue weighted by Crippen LogP contribution is 2.49. The number of hydrogen-bond acceptors (Lipinski definition) is 7. The van der Waals surface area contributed by atoms with Crippen LogP contribution in [0.2, 0.25) is 0 Å². The Kier molecular flexibility index (Phi) is 4.67. The maximum absolute atomic E-state index is 13.9. The third kappa shape index (κ3) is 2.93. The number of fused-ring (bicyclic) bond motifs is 1. The predicted molar refractivity (Wildman–Crippen MR) is 93.4 cm³/mol. The Labute approximate surface area is 153 Å². The first kappa shape index (κ1) is 18.6. The molecule has 0 saturated heterocycles. The van der Waals surface area contributed by atoms with Crippen molar-refractivity contribution in [2.24, 2.45) is 0 Å². The van der Waals surface area contributed by atoms with E-state index in [1.54, 1.807) is 31.2 Å². The van der Waals surface area contributed by atoms with Gasteiger partial charge in [-0.05, 0) is 25.1 Å². The molecule has 2 aromatic heterocycles. The number of thiazole rings is 1. The number of aliphatic hydroxyl groups is 1. The van der Waals surface area contributed by atoms with Crippen LogP contribution in [-0.2, 0) is 10.3 Å². The highest BCUT2D eigenvalue weighted by Gasteiger charge is 2.59. The van der Waals surface area contributed by atoms with E-state index < -0.39 is 27.6 Å². The number of rotatable bonds is 4. The van der Waals surface area contributed by atoms with Crippen molar-refractivity contribution in [3.8, 4) is 0 Å². The number of nitrogens with two attached hydrogens (primary N) is 1. The lowest BCUT2D eigenvalue weighted by molar-refractivity contribution is -0.247. The molecule has 0 unspecified atom stereocenters. The number of nitrogens with zero attached hydrogens (tertiary/aromatic N) is 1. The largest absolute Gasteiger partial charge is 0.462 e. The number of hydrogen-bond donors (Lipinski definition) is 2. The Morgan fingerprint density at radius 2 is 2.00 bits per heavy atom. The third-order valence-corrected chi connectivity index (χ3v) is 5.84. The minimum atomic E-state index is -5.07. The van der Waals surface area contributed by atoms with Crippen LogP contribution in [-0.4, -0.2) is 28.8 Å². The molecule has 0 saturated carbocycles. The van der Waals surface area contributed by atoms with E-state index in [9.17, 15) is 23.1 Å². The second-order valence-electron chi connectivity index (χ2n) is 5.30. The summed E-state index contributed by atoms with van der Waals surface area (Å²) in [5.41, 5.74) is 2.44. The maximum Gasteiger partial charge on any atom is 0.428 e. The van der Waals surface area contributed by atoms with E-state index in [1.807, 2.05) is 0 Å². The van der Waals surface area contributed by atoms with E-state index in [0.29, 0.717) is 21.6 Å². The van der Waals surface area contributed by atoms with E-state index in [-0.39, 0.29) is 17.2 Å². The first-order valence-electron chi connectivity index (χ1n) is 7.40. The number of carbonyl (C=O) groups is 1. The van der Waals surface area contributed by atoms with Gasteiger partial charge in [-0.3, -0.25) is 0 Å². The summed E-state index contributed by atoms with van der Waals surface area (Å²) >= 11 is 1.21. The first-order chi connectivity index (χ1) is 12.2. The number of esters is 1. The van der Waals surface area contributed by atoms with Crippen molar-refractivity contribution in [3.63, 3.8) is 0 Å². The van der Waals surface area contributed by atoms with Gasteiger partial charge < -0.3 is 15.6 Å². The van der Waals surface area contributed by atoms with E-state index in [2.05, 4.69) is 4.98 Å². The fourth-order valence-corrected chi connectivity index (χ4v) is 4.53. The summed E-state index contributed by atoms with van der Waals surface area (Å²) < 4.78 is 46.9. The summed E-state index contributed by atoms with van der Waals surface area (Å²) in [6.45, 7) is 1.61. The summed E-state index contributed by atoms with van der Waals surface area (Å²) in [5, 5.41) is 9.96. The summed E-state index contributed by atoms with van der Waals surface area (Å²) in [5.74, 6) is -0.846. The highest BCUT2D eigenvalue weighted by atomic mass is 32.1. The molecular weight excluding hydrogens is 389 g/mol. The van der Waals surface area contributed by atoms with Crippen molar-refractivity contribution in [1.29, 1.82) is 0 Å². The second kappa shape index (κ2) is 6.53. The molecule has 0 aliphatic rings. The number of halogens is 3. The Morgan fingerprint density at radius 1 is 1.31 bits per heavy atom. The lowest BCUT2D eigenvalue weighted by Crippen LogP contribution is -2.42. The van der Waals surface area contributed by atoms with Crippen LogP contribution in [0.1, 0.15) is 27.2 Å². The number of aromatic nitrogens is 1. The van der Waals surface area contributed by atoms with Crippen LogP contribution >= 0.6 is 22.7 Å². The standard InChI is InChI=1S/C16H13F3N2O3S2/c1-2-24-13(22)8-7-11(26-12(8)20)15(23,16(17,18)19)14-21-9-5-3-4-6-10(9)25-14/h3-7,23H,2,20H2,1H3/t15-/m1/s1. The normalized spacial score (nSPS) is 14.3. The molecule has 0 aliphatic heterocycles. The number of benzene rings is 1. The quantitative estimate of drug-likeness (QED) is 0.646. The lowest BCUT2D eigenvalue weighted by atomic mass is 10.0. The highest BCUT2D eigenvalue weighted by molar-refractivity contribution is 7.19. The minimum absolute atomic E-state index is 0.0465. The van der Waals surface area contributed by atoms with Crippen molar-refractivity contribution < 1.29 is 27.8 Å². The average Bonchev–Trinajstić information content (AvgIpc) is 3.17. The van der Waals surface area contributed by atoms with Gasteiger partial charge in [0.25, 0.3) is 0 Å². The van der Waals surface area contributed by atoms with E-state index in [1.165, 1.54) is 0 Å². The summed E-state index contributed by atoms with van der Waals surface area (Å²) in [4.78, 5) is 15.3. The zero-order valence-electron chi connectivity index (χ0n) is 13.3. The molecule has 0 spiro atoms. The Balaban J connectivity index is 2.18. The van der Waals surface area contributed by atoms with E-state index in [4.69, 9.17) is 10.5 Å². The van der Waals surface area contributed by atoms with Gasteiger partial charge in [-0.25, -0.2) is 9.78 Å². The van der Waals surface area contributed by atoms with Crippen LogP contribution in [0, 0.1) is 0 Å². The van der Waals surface area contributed by atoms with Crippen LogP contribution in [0.3, 0.4) is 0 Å². The molecule has 0 radical (unpaired) electrons. The topological polar surface area (TPSA) is 85.4 Å². The molecule has 0 amide bonds. The van der Waals surface area contributed by atoms with Gasteiger partial charge in [-0.1, -0.05) is 12.1 Å². The van der Waals surface area contributed by atoms with E-state index >= 15 is 0 Å². The van der Waals surface area contributed by atoms with E-state index in [0.717, 1.165) is 17.4 Å². The molecule has 3 aromatic rings. The molecule has 10 heteroatoms. The molecule has 2 heterocycles. The lowest BCUT2D eigenvalue weighted by Gasteiger charge is -2.27. The number of carbonyl (C=O) groups excluding carboxylic acids is 1. The zero-order chi connectivity index (χ0) is 19.1. The molecular formula is C16H13F3N2O3S2. The van der Waals surface area contributed by atoms with Gasteiger partial charge in [-0.15, -0.1) is 22.7 Å². The predicted octanol–water partition coefficient (Wildman–Crippen LogP) is 3.91. The van der Waals surface area contributed by atoms with Crippen molar-refractivity contribution >= 4 is 43.9 Å². The van der Waals surface area contributed by atoms with Crippen LogP contribution < -0.4 is 5.73 Å². The molecule has 5 nitrogen and oxygen atoms in total. The van der Waals surface area contributed by atoms with Crippen molar-refractivity contribution in [2.75, 3.05) is 12.3 Å². The van der Waals surface area contributed by atoms with Crippen molar-refractivity contribution in [2.45, 2.75) is 18.7 Å². The average molecular weight is 402 g/mol. The number of anilines is 1. The molecule has 1 atom stereocenters. The number of nitrogen functional groups attached to an aromatic ring is 1. The number of thiophene rings is 1. The zero-order valence-corrected chi connectivity index (χ0v) is 15.0. The van der Waals surface area contributed by atoms with Crippen LogP contribution in [0.5, 0.6) is 0 Å². The summed E-state index contributed by atoms with van der Waals surface area (Å²) in [7, 11) is 0. The fraction of sp³-hybridized carbons (Fsp3) is 0.250. The summed E-state index contributed by atoms with van der Waals surface area (Å²) in [6, 6.07) is 7.38. The molecule has 138 valence electrons. The molecule has 0 fully saturated rings. The number of para-hydroxylation sites is 1. The van der Waals surface area contributed by atoms with Crippen LogP contribution in [0.15, 0.2) is 30.3 Å². The van der Waals surface area contributed by atoms with Gasteiger partial charge in [-0.2, -0.15) is 13.2 Å². The smallest absolute Gasteiger partial charge is 0.428 e. The molecule has 1 aromatic carbocycles.